The maximum Gasteiger partial charge on any atom is 1.00 e. The fraction of sp³-hybridized carbons (Fsp3) is 0. The van der Waals surface area contributed by atoms with Gasteiger partial charge in [-0.1, -0.05) is 0 Å². The van der Waals surface area contributed by atoms with Crippen LogP contribution in [0.2, 0.25) is 0 Å². The molecule has 0 saturated heterocycles. The normalized spacial score (nSPS) is 9.67. The molecule has 72 heteroatoms. The summed E-state index contributed by atoms with van der Waals surface area (Å²) in [6.45, 7) is 0. The summed E-state index contributed by atoms with van der Waals surface area (Å²) in [6, 6.07) is 0. The van der Waals surface area contributed by atoms with Crippen molar-refractivity contribution in [3.8, 4) is 0 Å². The Hall–Kier alpha value is 23.1. The van der Waals surface area contributed by atoms with Crippen LogP contribution < -0.4 is 827 Å². The summed E-state index contributed by atoms with van der Waals surface area (Å²) in [5.74, 6) is 0. The summed E-state index contributed by atoms with van der Waals surface area (Å²) in [7, 11) is -59.0. The van der Waals surface area contributed by atoms with Crippen LogP contribution in [0.4, 0.5) is 0 Å². The molecule has 0 aliphatic heterocycles. The van der Waals surface area contributed by atoms with Crippen molar-refractivity contribution in [3.63, 3.8) is 0 Å². The third-order valence-corrected chi connectivity index (χ3v) is 0. The molecule has 0 atom stereocenters. The van der Waals surface area contributed by atoms with Gasteiger partial charge in [0.2, 0.25) is 0 Å². The molecule has 72 heavy (non-hydrogen) atoms. The Labute approximate surface area is 1120 Å². The molecule has 0 spiro atoms. The maximum absolute atomic E-state index is 8.74. The largest absolute Gasteiger partial charge is 1.00 e. The molecule has 0 aromatic rings. The van der Waals surface area contributed by atoms with Crippen molar-refractivity contribution >= 4 is 125 Å². The van der Waals surface area contributed by atoms with Crippen LogP contribution in [0.25, 0.3) is 0 Å². The molecule has 0 aliphatic rings. The molecule has 48 nitrogen and oxygen atoms in total. The van der Waals surface area contributed by atoms with Gasteiger partial charge in [0.1, 0.15) is 0 Å². The molecule has 0 aliphatic carbocycles. The molecule has 384 valence electrons. The van der Waals surface area contributed by atoms with E-state index in [4.69, 9.17) is 210 Å². The van der Waals surface area contributed by atoms with Gasteiger partial charge in [-0.05, 0) is 0 Å². The Morgan fingerprint density at radius 1 is 0.139 bits per heavy atom. The van der Waals surface area contributed by atoms with E-state index >= 15 is 0 Å². The third-order valence-electron chi connectivity index (χ3n) is 0. The predicted molar refractivity (Wildman–Crippen MR) is 148 cm³/mol. The second-order valence-corrected chi connectivity index (χ2v) is 15.4. The molecule has 0 unspecified atom stereocenters. The summed E-state index contributed by atoms with van der Waals surface area (Å²) in [4.78, 5) is 0. The monoisotopic (exact) mass is 2760 g/mol. The standard InChI is InChI=1S/12Cs.12H2O4S/c;;;;;;;;;;;;12*1-5(2,3)4/h;;;;;;;;;;;;12*(H2,1,2,3,4)/q12*+1;;;;;;;;;;;;/p-12. The van der Waals surface area contributed by atoms with Gasteiger partial charge in [0.05, 0.1) is 0 Å². The molecule has 0 fully saturated rings. The Bertz CT molecular complexity index is 1730. The molecule has 0 rings (SSSR count). The van der Waals surface area contributed by atoms with Crippen molar-refractivity contribution in [1.29, 1.82) is 0 Å². The van der Waals surface area contributed by atoms with E-state index in [9.17, 15) is 0 Å². The Balaban J connectivity index is -0.0000000156. The quantitative estimate of drug-likeness (QED) is 0.0791. The van der Waals surface area contributed by atoms with Crippen LogP contribution in [0, 0.1) is 0 Å². The van der Waals surface area contributed by atoms with Gasteiger partial charge in [0.25, 0.3) is 0 Å². The van der Waals surface area contributed by atoms with Crippen LogP contribution in [0.15, 0.2) is 0 Å². The second-order valence-electron chi connectivity index (χ2n) is 5.14. The zero-order chi connectivity index (χ0) is 54.0. The van der Waals surface area contributed by atoms with Crippen LogP contribution in [0.3, 0.4) is 0 Å². The zero-order valence-electron chi connectivity index (χ0n) is 37.0. The minimum absolute atomic E-state index is 0. The van der Waals surface area contributed by atoms with E-state index in [1.54, 1.807) is 0 Å². The van der Waals surface area contributed by atoms with Crippen LogP contribution in [-0.4, -0.2) is 210 Å². The topological polar surface area (TPSA) is 929 Å². The molecule has 12 N–H and O–H groups in total. The minimum Gasteiger partial charge on any atom is -0.759 e. The number of hydrogen-bond donors (Lipinski definition) is 12. The predicted octanol–water partition coefficient (Wildman–Crippen LogP) is -47.9. The van der Waals surface area contributed by atoms with E-state index in [1.165, 1.54) is 0 Å². The van der Waals surface area contributed by atoms with Crippen LogP contribution in [-0.2, 0) is 125 Å². The Kier molecular flexibility index (Phi) is 209. The van der Waals surface area contributed by atoms with E-state index in [1.807, 2.05) is 0 Å². The molecular weight excluding hydrogens is 2750 g/mol. The molecule has 0 amide bonds. The molecule has 0 radical (unpaired) electrons. The first-order valence-corrected chi connectivity index (χ1v) is 24.6. The van der Waals surface area contributed by atoms with Crippen LogP contribution in [0.5, 0.6) is 0 Å². The van der Waals surface area contributed by atoms with Gasteiger partial charge < -0.3 is 54.6 Å². The number of hydrogen-bond acceptors (Lipinski definition) is 36. The number of rotatable bonds is 0. The summed E-state index contributed by atoms with van der Waals surface area (Å²) < 4.78 is 394. The van der Waals surface area contributed by atoms with Gasteiger partial charge >= 0.3 is 889 Å². The molecule has 0 aromatic carbocycles. The van der Waals surface area contributed by atoms with Crippen molar-refractivity contribution in [2.45, 2.75) is 0 Å². The van der Waals surface area contributed by atoms with Gasteiger partial charge in [-0.15, -0.1) is 0 Å². The van der Waals surface area contributed by atoms with Crippen molar-refractivity contribution in [3.05, 3.63) is 0 Å². The molecular formula is H12Cs12O48S12. The summed E-state index contributed by atoms with van der Waals surface area (Å²) in [6.07, 6.45) is 0. The SMILES string of the molecule is O=S(=O)(O)O.O=S(=O)(O)O.O=S(=O)(O)O.O=S(=O)(O)O.O=S(=O)(O)O.O=S(=O)(O)O.O=S(=O)([O-])[O-].O=S(=O)([O-])[O-].O=S(=O)([O-])[O-].O=S(=O)([O-])[O-].O=S(=O)([O-])[O-].O=S(=O)([O-])[O-].[Cs+].[Cs+].[Cs+].[Cs+].[Cs+].[Cs+].[Cs+].[Cs+].[Cs+].[Cs+].[Cs+].[Cs+]. The minimum atomic E-state index is -5.17. The zero-order valence-corrected chi connectivity index (χ0v) is 122. The first-order chi connectivity index (χ1) is 24.0. The van der Waals surface area contributed by atoms with Gasteiger partial charge in [0, 0.05) is 62.4 Å². The van der Waals surface area contributed by atoms with E-state index < -0.39 is 125 Å². The van der Waals surface area contributed by atoms with Crippen molar-refractivity contribution < 1.29 is 1040 Å². The molecule has 0 aromatic heterocycles. The van der Waals surface area contributed by atoms with E-state index in [2.05, 4.69) is 0 Å². The first kappa shape index (κ1) is 167. The Morgan fingerprint density at radius 2 is 0.139 bits per heavy atom. The summed E-state index contributed by atoms with van der Waals surface area (Å²) >= 11 is 0. The van der Waals surface area contributed by atoms with Gasteiger partial charge in [-0.3, -0.25) is 105 Å². The Morgan fingerprint density at radius 3 is 0.139 bits per heavy atom. The maximum atomic E-state index is 8.74. The van der Waals surface area contributed by atoms with Crippen molar-refractivity contribution in [2.75, 3.05) is 0 Å². The van der Waals surface area contributed by atoms with Gasteiger partial charge in [-0.2, -0.15) is 50.5 Å². The average Bonchev–Trinajstić information content (AvgIpc) is 2.48. The van der Waals surface area contributed by atoms with Gasteiger partial charge in [0.15, 0.2) is 0 Å². The van der Waals surface area contributed by atoms with Crippen LogP contribution >= 0.6 is 0 Å². The summed E-state index contributed by atoms with van der Waals surface area (Å²) in [5, 5.41) is 0. The fourth-order valence-electron chi connectivity index (χ4n) is 0. The molecule has 0 heterocycles. The third kappa shape index (κ3) is 1480. The van der Waals surface area contributed by atoms with E-state index in [-0.39, 0.29) is 827 Å². The van der Waals surface area contributed by atoms with Gasteiger partial charge in [-0.25, -0.2) is 0 Å². The molecule has 0 saturated carbocycles. The van der Waals surface area contributed by atoms with E-state index in [0.717, 1.165) is 0 Å². The van der Waals surface area contributed by atoms with Crippen LogP contribution in [0.1, 0.15) is 0 Å². The summed E-state index contributed by atoms with van der Waals surface area (Å²) in [5.41, 5.74) is 0. The first-order valence-electron chi connectivity index (χ1n) is 8.19. The smallest absolute Gasteiger partial charge is 0.759 e. The molecule has 0 bridgehead atoms. The van der Waals surface area contributed by atoms with Crippen molar-refractivity contribution in [2.24, 2.45) is 0 Å². The second kappa shape index (κ2) is 90.1. The average molecular weight is 2760 g/mol. The fourth-order valence-corrected chi connectivity index (χ4v) is 0. The van der Waals surface area contributed by atoms with E-state index in [0.29, 0.717) is 0 Å². The van der Waals surface area contributed by atoms with Crippen molar-refractivity contribution in [1.82, 2.24) is 0 Å².